The van der Waals surface area contributed by atoms with Crippen LogP contribution in [-0.2, 0) is 12.1 Å². The number of fused-ring (bicyclic) bond motifs is 3. The molecule has 1 aromatic heterocycles. The molecule has 0 unspecified atom stereocenters. The van der Waals surface area contributed by atoms with E-state index in [2.05, 4.69) is 60.3 Å². The molecule has 0 atom stereocenters. The van der Waals surface area contributed by atoms with E-state index in [-0.39, 0.29) is 5.91 Å². The van der Waals surface area contributed by atoms with Crippen molar-refractivity contribution >= 4 is 16.8 Å². The monoisotopic (exact) mass is 386 g/mol. The van der Waals surface area contributed by atoms with E-state index in [1.807, 2.05) is 24.3 Å². The van der Waals surface area contributed by atoms with Gasteiger partial charge in [0.1, 0.15) is 0 Å². The molecule has 0 spiro atoms. The minimum absolute atomic E-state index is 0.00187. The number of hydrogen-bond acceptors (Lipinski definition) is 1. The Morgan fingerprint density at radius 1 is 1.07 bits per heavy atom. The number of aromatic nitrogens is 1. The molecule has 2 aromatic carbocycles. The molecular formula is C26H30N2O. The Bertz CT molecular complexity index is 1040. The van der Waals surface area contributed by atoms with Crippen LogP contribution >= 0.6 is 0 Å². The van der Waals surface area contributed by atoms with Crippen molar-refractivity contribution < 1.29 is 4.79 Å². The lowest BCUT2D eigenvalue weighted by Crippen LogP contribution is -2.40. The molecule has 5 rings (SSSR count). The summed E-state index contributed by atoms with van der Waals surface area (Å²) in [5.74, 6) is 0.938. The molecule has 0 radical (unpaired) electrons. The largest absolute Gasteiger partial charge is 0.346 e. The van der Waals surface area contributed by atoms with Crippen molar-refractivity contribution in [1.29, 1.82) is 0 Å². The molecule has 1 amide bonds. The number of nitrogens with zero attached hydrogens (tertiary/aromatic N) is 1. The van der Waals surface area contributed by atoms with Crippen LogP contribution in [0, 0.1) is 11.3 Å². The molecule has 1 heterocycles. The molecule has 2 aliphatic rings. The first kappa shape index (κ1) is 18.5. The van der Waals surface area contributed by atoms with Crippen molar-refractivity contribution in [3.63, 3.8) is 0 Å². The van der Waals surface area contributed by atoms with Crippen LogP contribution in [-0.4, -0.2) is 10.5 Å². The minimum Gasteiger partial charge on any atom is -0.346 e. The summed E-state index contributed by atoms with van der Waals surface area (Å²) in [5.41, 5.74) is 3.10. The Labute approximate surface area is 173 Å². The molecule has 3 heteroatoms. The van der Waals surface area contributed by atoms with Gasteiger partial charge < -0.3 is 9.88 Å². The fourth-order valence-corrected chi connectivity index (χ4v) is 5.73. The molecular weight excluding hydrogens is 356 g/mol. The van der Waals surface area contributed by atoms with Crippen LogP contribution in [0.25, 0.3) is 10.9 Å². The Morgan fingerprint density at radius 3 is 2.45 bits per heavy atom. The fourth-order valence-electron chi connectivity index (χ4n) is 5.73. The Balaban J connectivity index is 1.46. The van der Waals surface area contributed by atoms with Gasteiger partial charge in [0.2, 0.25) is 0 Å². The summed E-state index contributed by atoms with van der Waals surface area (Å²) in [4.78, 5) is 13.3. The highest BCUT2D eigenvalue weighted by molar-refractivity contribution is 6.07. The number of amides is 1. The number of benzene rings is 2. The van der Waals surface area contributed by atoms with Gasteiger partial charge in [0.15, 0.2) is 0 Å². The maximum Gasteiger partial charge on any atom is 0.254 e. The predicted octanol–water partition coefficient (Wildman–Crippen LogP) is 5.89. The van der Waals surface area contributed by atoms with Crippen LogP contribution in [0.5, 0.6) is 0 Å². The molecule has 3 aromatic rings. The first-order valence-electron chi connectivity index (χ1n) is 10.9. The van der Waals surface area contributed by atoms with E-state index in [1.54, 1.807) is 0 Å². The third-order valence-electron chi connectivity index (χ3n) is 7.35. The van der Waals surface area contributed by atoms with E-state index in [0.29, 0.717) is 5.41 Å². The number of nitrogens with one attached hydrogen (secondary N) is 1. The highest BCUT2D eigenvalue weighted by Crippen LogP contribution is 2.55. The van der Waals surface area contributed by atoms with Crippen LogP contribution in [0.3, 0.4) is 0 Å². The summed E-state index contributed by atoms with van der Waals surface area (Å²) in [6.45, 7) is 5.17. The van der Waals surface area contributed by atoms with E-state index in [9.17, 15) is 4.79 Å². The van der Waals surface area contributed by atoms with Gasteiger partial charge in [0.05, 0.1) is 11.1 Å². The summed E-state index contributed by atoms with van der Waals surface area (Å²) < 4.78 is 2.35. The molecule has 3 nitrogen and oxygen atoms in total. The standard InChI is InChI=1S/C26H30N2O/c1-25(2,20-8-4-3-5-9-20)27-24(29)22-17-28(23-11-7-6-10-21(22)23)18-26-14-12-19(16-26)13-15-26/h3-11,17,19H,12-16,18H2,1-2H3,(H,27,29). The number of rotatable bonds is 5. The maximum absolute atomic E-state index is 13.3. The third-order valence-corrected chi connectivity index (χ3v) is 7.35. The van der Waals surface area contributed by atoms with Gasteiger partial charge in [-0.25, -0.2) is 0 Å². The Hall–Kier alpha value is -2.55. The van der Waals surface area contributed by atoms with Crippen molar-refractivity contribution in [2.24, 2.45) is 11.3 Å². The van der Waals surface area contributed by atoms with Crippen LogP contribution in [0.2, 0.25) is 0 Å². The molecule has 2 aliphatic carbocycles. The average molecular weight is 387 g/mol. The molecule has 0 saturated heterocycles. The van der Waals surface area contributed by atoms with Crippen LogP contribution < -0.4 is 5.32 Å². The normalized spacial score (nSPS) is 23.6. The summed E-state index contributed by atoms with van der Waals surface area (Å²) >= 11 is 0. The van der Waals surface area contributed by atoms with Crippen molar-refractivity contribution in [3.05, 3.63) is 71.9 Å². The lowest BCUT2D eigenvalue weighted by atomic mass is 9.84. The number of carbonyl (C=O) groups excluding carboxylic acids is 1. The molecule has 0 aliphatic heterocycles. The third kappa shape index (κ3) is 3.27. The quantitative estimate of drug-likeness (QED) is 0.583. The van der Waals surface area contributed by atoms with Gasteiger partial charge in [0.25, 0.3) is 5.91 Å². The second-order valence-corrected chi connectivity index (χ2v) is 9.78. The van der Waals surface area contributed by atoms with Crippen LogP contribution in [0.15, 0.2) is 60.8 Å². The molecule has 150 valence electrons. The maximum atomic E-state index is 13.3. The van der Waals surface area contributed by atoms with E-state index >= 15 is 0 Å². The molecule has 2 saturated carbocycles. The minimum atomic E-state index is -0.426. The van der Waals surface area contributed by atoms with Gasteiger partial charge in [-0.2, -0.15) is 0 Å². The zero-order valence-electron chi connectivity index (χ0n) is 17.4. The zero-order valence-corrected chi connectivity index (χ0v) is 17.4. The lowest BCUT2D eigenvalue weighted by molar-refractivity contribution is 0.0913. The summed E-state index contributed by atoms with van der Waals surface area (Å²) in [5, 5.41) is 4.32. The number of carbonyl (C=O) groups is 1. The van der Waals surface area contributed by atoms with Crippen molar-refractivity contribution in [2.45, 2.75) is 58.0 Å². The number of para-hydroxylation sites is 1. The highest BCUT2D eigenvalue weighted by Gasteiger charge is 2.45. The summed E-state index contributed by atoms with van der Waals surface area (Å²) in [7, 11) is 0. The fraction of sp³-hybridized carbons (Fsp3) is 0.423. The van der Waals surface area contributed by atoms with Crippen LogP contribution in [0.1, 0.15) is 61.9 Å². The SMILES string of the molecule is CC(C)(NC(=O)c1cn(CC23CCC(CC2)C3)c2ccccc12)c1ccccc1. The highest BCUT2D eigenvalue weighted by atomic mass is 16.1. The van der Waals surface area contributed by atoms with Crippen molar-refractivity contribution in [3.8, 4) is 0 Å². The smallest absolute Gasteiger partial charge is 0.254 e. The van der Waals surface area contributed by atoms with E-state index in [1.165, 1.54) is 37.6 Å². The lowest BCUT2D eigenvalue weighted by Gasteiger charge is -2.27. The van der Waals surface area contributed by atoms with Crippen molar-refractivity contribution in [1.82, 2.24) is 9.88 Å². The topological polar surface area (TPSA) is 34.0 Å². The first-order valence-corrected chi connectivity index (χ1v) is 10.9. The molecule has 2 bridgehead atoms. The zero-order chi connectivity index (χ0) is 20.1. The molecule has 29 heavy (non-hydrogen) atoms. The first-order chi connectivity index (χ1) is 14.0. The molecule has 2 fully saturated rings. The second-order valence-electron chi connectivity index (χ2n) is 9.78. The average Bonchev–Trinajstić information content (AvgIpc) is 3.42. The van der Waals surface area contributed by atoms with E-state index < -0.39 is 5.54 Å². The van der Waals surface area contributed by atoms with Gasteiger partial charge in [-0.1, -0.05) is 48.5 Å². The van der Waals surface area contributed by atoms with Crippen LogP contribution in [0.4, 0.5) is 0 Å². The van der Waals surface area contributed by atoms with E-state index in [4.69, 9.17) is 0 Å². The van der Waals surface area contributed by atoms with Gasteiger partial charge in [-0.3, -0.25) is 4.79 Å². The van der Waals surface area contributed by atoms with Gasteiger partial charge in [0, 0.05) is 23.6 Å². The Kier molecular flexibility index (Phi) is 4.31. The van der Waals surface area contributed by atoms with Gasteiger partial charge >= 0.3 is 0 Å². The van der Waals surface area contributed by atoms with Gasteiger partial charge in [-0.15, -0.1) is 0 Å². The second kappa shape index (κ2) is 6.76. The summed E-state index contributed by atoms with van der Waals surface area (Å²) in [6.07, 6.45) is 8.92. The summed E-state index contributed by atoms with van der Waals surface area (Å²) in [6, 6.07) is 18.5. The van der Waals surface area contributed by atoms with E-state index in [0.717, 1.165) is 29.0 Å². The predicted molar refractivity (Wildman–Crippen MR) is 118 cm³/mol. The molecule has 1 N–H and O–H groups in total. The number of hydrogen-bond donors (Lipinski definition) is 1. The Morgan fingerprint density at radius 2 is 1.76 bits per heavy atom. The van der Waals surface area contributed by atoms with Gasteiger partial charge in [-0.05, 0) is 68.9 Å². The van der Waals surface area contributed by atoms with Crippen molar-refractivity contribution in [2.75, 3.05) is 0 Å².